The van der Waals surface area contributed by atoms with Gasteiger partial charge in [-0.2, -0.15) is 0 Å². The number of carbonyl (C=O) groups excluding carboxylic acids is 3. The molecule has 1 fully saturated rings. The molecular weight excluding hydrogens is 306 g/mol. The third kappa shape index (κ3) is 3.01. The Morgan fingerprint density at radius 2 is 2.32 bits per heavy atom. The monoisotopic (exact) mass is 321 g/mol. The maximum Gasteiger partial charge on any atom is 0.414 e. The van der Waals surface area contributed by atoms with Crippen LogP contribution < -0.4 is 15.5 Å². The van der Waals surface area contributed by atoms with Crippen LogP contribution in [0.3, 0.4) is 0 Å². The van der Waals surface area contributed by atoms with Crippen molar-refractivity contribution in [3.63, 3.8) is 0 Å². The highest BCUT2D eigenvalue weighted by molar-refractivity contribution is 8.00. The lowest BCUT2D eigenvalue weighted by molar-refractivity contribution is -0.119. The van der Waals surface area contributed by atoms with E-state index in [4.69, 9.17) is 4.74 Å². The van der Waals surface area contributed by atoms with E-state index in [0.29, 0.717) is 18.8 Å². The van der Waals surface area contributed by atoms with Crippen molar-refractivity contribution in [2.24, 2.45) is 0 Å². The lowest BCUT2D eigenvalue weighted by Gasteiger charge is -2.19. The Morgan fingerprint density at radius 1 is 1.50 bits per heavy atom. The number of nitrogens with zero attached hydrogens (tertiary/aromatic N) is 1. The molecule has 0 unspecified atom stereocenters. The van der Waals surface area contributed by atoms with E-state index in [1.807, 2.05) is 6.07 Å². The molecule has 0 aliphatic carbocycles. The third-order valence-electron chi connectivity index (χ3n) is 3.36. The Morgan fingerprint density at radius 3 is 3.09 bits per heavy atom. The molecule has 3 amide bonds. The number of benzene rings is 1. The van der Waals surface area contributed by atoms with Crippen LogP contribution in [0.15, 0.2) is 23.1 Å². The Kier molecular flexibility index (Phi) is 3.93. The number of thioether (sulfide) groups is 1. The normalized spacial score (nSPS) is 20.2. The molecule has 0 bridgehead atoms. The molecule has 0 spiro atoms. The summed E-state index contributed by atoms with van der Waals surface area (Å²) in [6, 6.07) is 5.41. The molecule has 22 heavy (non-hydrogen) atoms. The van der Waals surface area contributed by atoms with Gasteiger partial charge < -0.3 is 15.4 Å². The Labute approximate surface area is 131 Å². The Bertz CT molecular complexity index is 649. The zero-order valence-corrected chi connectivity index (χ0v) is 12.7. The molecule has 1 aromatic rings. The second kappa shape index (κ2) is 5.88. The summed E-state index contributed by atoms with van der Waals surface area (Å²) in [5.74, 6) is 0.183. The van der Waals surface area contributed by atoms with Crippen molar-refractivity contribution in [2.45, 2.75) is 17.9 Å². The number of ether oxygens (including phenoxy) is 1. The summed E-state index contributed by atoms with van der Waals surface area (Å²) >= 11 is 1.44. The van der Waals surface area contributed by atoms with E-state index in [9.17, 15) is 14.4 Å². The van der Waals surface area contributed by atoms with Crippen molar-refractivity contribution in [1.29, 1.82) is 0 Å². The number of carbonyl (C=O) groups is 3. The molecule has 2 aliphatic heterocycles. The predicted molar refractivity (Wildman–Crippen MR) is 82.1 cm³/mol. The Balaban J connectivity index is 1.73. The molecule has 7 nitrogen and oxygen atoms in total. The molecule has 2 heterocycles. The van der Waals surface area contributed by atoms with Crippen LogP contribution in [-0.2, 0) is 14.3 Å². The molecule has 2 aliphatic rings. The fraction of sp³-hybridized carbons (Fsp3) is 0.357. The van der Waals surface area contributed by atoms with Gasteiger partial charge in [-0.15, -0.1) is 11.8 Å². The van der Waals surface area contributed by atoms with E-state index in [2.05, 4.69) is 10.6 Å². The van der Waals surface area contributed by atoms with Gasteiger partial charge in [-0.25, -0.2) is 4.79 Å². The maximum absolute atomic E-state index is 12.0. The van der Waals surface area contributed by atoms with Gasteiger partial charge in [0.05, 0.1) is 24.5 Å². The second-order valence-corrected chi connectivity index (χ2v) is 6.09. The lowest BCUT2D eigenvalue weighted by Crippen LogP contribution is -2.33. The highest BCUT2D eigenvalue weighted by Gasteiger charge is 2.32. The molecule has 0 saturated carbocycles. The van der Waals surface area contributed by atoms with Crippen LogP contribution in [0.1, 0.15) is 6.92 Å². The highest BCUT2D eigenvalue weighted by Crippen LogP contribution is 2.35. The van der Waals surface area contributed by atoms with Crippen molar-refractivity contribution < 1.29 is 19.1 Å². The van der Waals surface area contributed by atoms with Crippen LogP contribution in [0, 0.1) is 0 Å². The number of fused-ring (bicyclic) bond motifs is 1. The second-order valence-electron chi connectivity index (χ2n) is 5.07. The summed E-state index contributed by atoms with van der Waals surface area (Å²) in [6.07, 6.45) is -0.792. The summed E-state index contributed by atoms with van der Waals surface area (Å²) in [5, 5.41) is 5.43. The summed E-state index contributed by atoms with van der Waals surface area (Å²) < 4.78 is 5.24. The minimum Gasteiger partial charge on any atom is -0.442 e. The molecule has 1 aromatic carbocycles. The average Bonchev–Trinajstić information content (AvgIpc) is 2.85. The van der Waals surface area contributed by atoms with E-state index >= 15 is 0 Å². The van der Waals surface area contributed by atoms with Gasteiger partial charge in [-0.05, 0) is 18.2 Å². The van der Waals surface area contributed by atoms with E-state index < -0.39 is 6.09 Å². The summed E-state index contributed by atoms with van der Waals surface area (Å²) in [7, 11) is 0. The van der Waals surface area contributed by atoms with Gasteiger partial charge >= 0.3 is 6.09 Å². The van der Waals surface area contributed by atoms with Crippen LogP contribution in [0.2, 0.25) is 0 Å². The first-order chi connectivity index (χ1) is 10.5. The summed E-state index contributed by atoms with van der Waals surface area (Å²) in [6.45, 7) is 2.10. The number of cyclic esters (lactones) is 1. The molecule has 2 N–H and O–H groups in total. The molecule has 0 radical (unpaired) electrons. The average molecular weight is 321 g/mol. The van der Waals surface area contributed by atoms with Gasteiger partial charge in [0.1, 0.15) is 6.10 Å². The van der Waals surface area contributed by atoms with Gasteiger partial charge in [0.25, 0.3) is 0 Å². The van der Waals surface area contributed by atoms with Crippen molar-refractivity contribution in [1.82, 2.24) is 5.32 Å². The van der Waals surface area contributed by atoms with Crippen LogP contribution in [0.4, 0.5) is 16.2 Å². The number of nitrogens with one attached hydrogen (secondary N) is 2. The zero-order valence-electron chi connectivity index (χ0n) is 11.9. The molecular formula is C14H15N3O4S. The topological polar surface area (TPSA) is 87.7 Å². The number of hydrogen-bond acceptors (Lipinski definition) is 5. The minimum absolute atomic E-state index is 0.0267. The minimum atomic E-state index is -0.430. The molecule has 0 aromatic heterocycles. The molecule has 8 heteroatoms. The van der Waals surface area contributed by atoms with Crippen molar-refractivity contribution >= 4 is 41.0 Å². The van der Waals surface area contributed by atoms with Gasteiger partial charge in [-0.3, -0.25) is 14.5 Å². The molecule has 116 valence electrons. The molecule has 3 rings (SSSR count). The first-order valence-corrected chi connectivity index (χ1v) is 7.81. The summed E-state index contributed by atoms with van der Waals surface area (Å²) in [4.78, 5) is 36.7. The molecule has 1 atom stereocenters. The fourth-order valence-electron chi connectivity index (χ4n) is 2.33. The summed E-state index contributed by atoms with van der Waals surface area (Å²) in [5.41, 5.74) is 1.48. The number of anilines is 2. The SMILES string of the molecule is CC(=O)NC[C@H]1CN(c2ccc3c(c2)SCC(=O)N3)C(=O)O1. The van der Waals surface area contributed by atoms with Crippen LogP contribution >= 0.6 is 11.8 Å². The largest absolute Gasteiger partial charge is 0.442 e. The van der Waals surface area contributed by atoms with E-state index in [0.717, 1.165) is 16.3 Å². The standard InChI is InChI=1S/C14H15N3O4S/c1-8(18)15-5-10-6-17(14(20)21-10)9-2-3-11-12(4-9)22-7-13(19)16-11/h2-4,10H,5-7H2,1H3,(H,15,18)(H,16,19)/t10-/m0/s1. The Hall–Kier alpha value is -2.22. The van der Waals surface area contributed by atoms with E-state index in [-0.39, 0.29) is 17.9 Å². The number of hydrogen-bond donors (Lipinski definition) is 2. The van der Waals surface area contributed by atoms with Crippen LogP contribution in [-0.4, -0.2) is 42.9 Å². The molecule has 1 saturated heterocycles. The first kappa shape index (κ1) is 14.7. The highest BCUT2D eigenvalue weighted by atomic mass is 32.2. The van der Waals surface area contributed by atoms with Crippen molar-refractivity contribution in [2.75, 3.05) is 29.1 Å². The van der Waals surface area contributed by atoms with Gasteiger partial charge in [0.15, 0.2) is 0 Å². The number of amides is 3. The van der Waals surface area contributed by atoms with E-state index in [1.165, 1.54) is 23.6 Å². The maximum atomic E-state index is 12.0. The van der Waals surface area contributed by atoms with Gasteiger partial charge in [0, 0.05) is 17.5 Å². The van der Waals surface area contributed by atoms with Crippen molar-refractivity contribution in [3.05, 3.63) is 18.2 Å². The fourth-order valence-corrected chi connectivity index (χ4v) is 3.16. The lowest BCUT2D eigenvalue weighted by atomic mass is 10.2. The van der Waals surface area contributed by atoms with Crippen LogP contribution in [0.25, 0.3) is 0 Å². The third-order valence-corrected chi connectivity index (χ3v) is 4.42. The zero-order chi connectivity index (χ0) is 15.7. The van der Waals surface area contributed by atoms with E-state index in [1.54, 1.807) is 12.1 Å². The van der Waals surface area contributed by atoms with Gasteiger partial charge in [0.2, 0.25) is 11.8 Å². The smallest absolute Gasteiger partial charge is 0.414 e. The first-order valence-electron chi connectivity index (χ1n) is 6.82. The van der Waals surface area contributed by atoms with Crippen LogP contribution in [0.5, 0.6) is 0 Å². The van der Waals surface area contributed by atoms with Crippen molar-refractivity contribution in [3.8, 4) is 0 Å². The van der Waals surface area contributed by atoms with Gasteiger partial charge in [-0.1, -0.05) is 0 Å². The predicted octanol–water partition coefficient (Wildman–Crippen LogP) is 1.19. The quantitative estimate of drug-likeness (QED) is 0.873. The number of rotatable bonds is 3.